The van der Waals surface area contributed by atoms with Crippen molar-refractivity contribution in [3.8, 4) is 0 Å². The van der Waals surface area contributed by atoms with Gasteiger partial charge in [-0.3, -0.25) is 4.79 Å². The first-order valence-electron chi connectivity index (χ1n) is 5.05. The van der Waals surface area contributed by atoms with Crippen molar-refractivity contribution < 1.29 is 13.2 Å². The SMILES string of the molecule is C=CC(=O)N1CCCCC(S(C)(=O)=O)C1. The lowest BCUT2D eigenvalue weighted by molar-refractivity contribution is -0.125. The summed E-state index contributed by atoms with van der Waals surface area (Å²) in [6.07, 6.45) is 4.86. The number of likely N-dealkylation sites (tertiary alicyclic amines) is 1. The zero-order chi connectivity index (χ0) is 11.5. The van der Waals surface area contributed by atoms with Gasteiger partial charge in [-0.05, 0) is 18.9 Å². The molecule has 0 N–H and O–H groups in total. The maximum absolute atomic E-state index is 11.4. The van der Waals surface area contributed by atoms with Crippen molar-refractivity contribution in [3.63, 3.8) is 0 Å². The Bertz CT molecular complexity index is 348. The monoisotopic (exact) mass is 231 g/mol. The van der Waals surface area contributed by atoms with Gasteiger partial charge in [0.1, 0.15) is 0 Å². The van der Waals surface area contributed by atoms with Gasteiger partial charge in [0.05, 0.1) is 5.25 Å². The van der Waals surface area contributed by atoms with Gasteiger partial charge in [-0.15, -0.1) is 0 Å². The third-order valence-electron chi connectivity index (χ3n) is 2.72. The molecule has 5 heteroatoms. The predicted octanol–water partition coefficient (Wildman–Crippen LogP) is 0.598. The fourth-order valence-electron chi connectivity index (χ4n) is 1.78. The van der Waals surface area contributed by atoms with Crippen LogP contribution in [0.2, 0.25) is 0 Å². The van der Waals surface area contributed by atoms with Gasteiger partial charge in [0.15, 0.2) is 9.84 Å². The Labute approximate surface area is 90.9 Å². The van der Waals surface area contributed by atoms with E-state index in [2.05, 4.69) is 6.58 Å². The molecule has 0 saturated carbocycles. The van der Waals surface area contributed by atoms with Crippen LogP contribution in [0, 0.1) is 0 Å². The summed E-state index contributed by atoms with van der Waals surface area (Å²) in [5, 5.41) is -0.413. The van der Waals surface area contributed by atoms with Crippen molar-refractivity contribution in [1.82, 2.24) is 4.90 Å². The van der Waals surface area contributed by atoms with Gasteiger partial charge < -0.3 is 4.90 Å². The zero-order valence-electron chi connectivity index (χ0n) is 8.98. The minimum Gasteiger partial charge on any atom is -0.338 e. The van der Waals surface area contributed by atoms with E-state index in [-0.39, 0.29) is 5.91 Å². The third-order valence-corrected chi connectivity index (χ3v) is 4.32. The average molecular weight is 231 g/mol. The van der Waals surface area contributed by atoms with Gasteiger partial charge in [-0.25, -0.2) is 8.42 Å². The number of carbonyl (C=O) groups is 1. The van der Waals surface area contributed by atoms with E-state index in [4.69, 9.17) is 0 Å². The van der Waals surface area contributed by atoms with Crippen molar-refractivity contribution in [2.45, 2.75) is 24.5 Å². The van der Waals surface area contributed by atoms with Gasteiger partial charge in [-0.1, -0.05) is 13.0 Å². The second kappa shape index (κ2) is 4.79. The molecule has 1 saturated heterocycles. The first-order valence-corrected chi connectivity index (χ1v) is 7.01. The van der Waals surface area contributed by atoms with Crippen molar-refractivity contribution in [2.75, 3.05) is 19.3 Å². The van der Waals surface area contributed by atoms with Crippen LogP contribution in [-0.4, -0.2) is 43.8 Å². The fraction of sp³-hybridized carbons (Fsp3) is 0.700. The Morgan fingerprint density at radius 1 is 1.47 bits per heavy atom. The molecule has 1 heterocycles. The lowest BCUT2D eigenvalue weighted by Crippen LogP contribution is -2.38. The average Bonchev–Trinajstić information content (AvgIpc) is 2.40. The molecular weight excluding hydrogens is 214 g/mol. The molecule has 1 atom stereocenters. The second-order valence-electron chi connectivity index (χ2n) is 3.94. The van der Waals surface area contributed by atoms with Crippen molar-refractivity contribution in [3.05, 3.63) is 12.7 Å². The number of hydrogen-bond acceptors (Lipinski definition) is 3. The number of carbonyl (C=O) groups excluding carboxylic acids is 1. The molecule has 0 spiro atoms. The Balaban J connectivity index is 2.78. The smallest absolute Gasteiger partial charge is 0.245 e. The van der Waals surface area contributed by atoms with Crippen LogP contribution in [0.25, 0.3) is 0 Å². The van der Waals surface area contributed by atoms with Gasteiger partial charge in [0, 0.05) is 19.3 Å². The summed E-state index contributed by atoms with van der Waals surface area (Å²) in [6.45, 7) is 4.36. The molecule has 0 aromatic heterocycles. The molecule has 0 aliphatic carbocycles. The maximum Gasteiger partial charge on any atom is 0.245 e. The second-order valence-corrected chi connectivity index (χ2v) is 6.26. The standard InChI is InChI=1S/C10H17NO3S/c1-3-10(12)11-7-5-4-6-9(8-11)15(2,13)14/h3,9H,1,4-8H2,2H3. The normalized spacial score (nSPS) is 23.3. The highest BCUT2D eigenvalue weighted by Crippen LogP contribution is 2.16. The quantitative estimate of drug-likeness (QED) is 0.654. The van der Waals surface area contributed by atoms with E-state index in [1.54, 1.807) is 4.90 Å². The van der Waals surface area contributed by atoms with Crippen LogP contribution in [0.5, 0.6) is 0 Å². The molecule has 1 aliphatic rings. The molecular formula is C10H17NO3S. The molecule has 0 aromatic carbocycles. The molecule has 1 fully saturated rings. The Kier molecular flexibility index (Phi) is 3.90. The van der Waals surface area contributed by atoms with Crippen molar-refractivity contribution in [2.24, 2.45) is 0 Å². The molecule has 0 radical (unpaired) electrons. The number of amides is 1. The summed E-state index contributed by atoms with van der Waals surface area (Å²) in [4.78, 5) is 13.0. The molecule has 4 nitrogen and oxygen atoms in total. The minimum absolute atomic E-state index is 0.175. The van der Waals surface area contributed by atoms with E-state index in [1.807, 2.05) is 0 Å². The predicted molar refractivity (Wildman–Crippen MR) is 59.3 cm³/mol. The van der Waals surface area contributed by atoms with Crippen LogP contribution in [-0.2, 0) is 14.6 Å². The molecule has 1 aliphatic heterocycles. The Hall–Kier alpha value is -0.840. The summed E-state index contributed by atoms with van der Waals surface area (Å²) < 4.78 is 22.9. The number of hydrogen-bond donors (Lipinski definition) is 0. The highest BCUT2D eigenvalue weighted by molar-refractivity contribution is 7.91. The molecule has 0 aromatic rings. The van der Waals surface area contributed by atoms with Gasteiger partial charge in [-0.2, -0.15) is 0 Å². The Morgan fingerprint density at radius 3 is 2.67 bits per heavy atom. The number of rotatable bonds is 2. The molecule has 1 rings (SSSR count). The summed E-state index contributed by atoms with van der Waals surface area (Å²) in [5.74, 6) is -0.175. The molecule has 1 amide bonds. The lowest BCUT2D eigenvalue weighted by atomic mass is 10.2. The third kappa shape index (κ3) is 3.34. The van der Waals surface area contributed by atoms with E-state index in [1.165, 1.54) is 12.3 Å². The van der Waals surface area contributed by atoms with Crippen LogP contribution in [0.3, 0.4) is 0 Å². The largest absolute Gasteiger partial charge is 0.338 e. The summed E-state index contributed by atoms with van der Waals surface area (Å²) >= 11 is 0. The molecule has 1 unspecified atom stereocenters. The summed E-state index contributed by atoms with van der Waals surface area (Å²) in [7, 11) is -3.05. The summed E-state index contributed by atoms with van der Waals surface area (Å²) in [5.41, 5.74) is 0. The van der Waals surface area contributed by atoms with Crippen LogP contribution in [0.1, 0.15) is 19.3 Å². The maximum atomic E-state index is 11.4. The van der Waals surface area contributed by atoms with Gasteiger partial charge in [0.25, 0.3) is 0 Å². The minimum atomic E-state index is -3.05. The molecule has 15 heavy (non-hydrogen) atoms. The van der Waals surface area contributed by atoms with Crippen LogP contribution in [0.15, 0.2) is 12.7 Å². The summed E-state index contributed by atoms with van der Waals surface area (Å²) in [6, 6.07) is 0. The molecule has 86 valence electrons. The van der Waals surface area contributed by atoms with Crippen molar-refractivity contribution >= 4 is 15.7 Å². The molecule has 0 bridgehead atoms. The topological polar surface area (TPSA) is 54.5 Å². The Morgan fingerprint density at radius 2 is 2.13 bits per heavy atom. The van der Waals surface area contributed by atoms with Crippen LogP contribution >= 0.6 is 0 Å². The van der Waals surface area contributed by atoms with E-state index >= 15 is 0 Å². The first-order chi connectivity index (χ1) is 6.95. The van der Waals surface area contributed by atoms with E-state index in [9.17, 15) is 13.2 Å². The zero-order valence-corrected chi connectivity index (χ0v) is 9.79. The number of nitrogens with zero attached hydrogens (tertiary/aromatic N) is 1. The fourth-order valence-corrected chi connectivity index (χ4v) is 2.83. The van der Waals surface area contributed by atoms with E-state index in [0.29, 0.717) is 19.5 Å². The highest BCUT2D eigenvalue weighted by atomic mass is 32.2. The van der Waals surface area contributed by atoms with Crippen LogP contribution in [0.4, 0.5) is 0 Å². The first kappa shape index (κ1) is 12.2. The van der Waals surface area contributed by atoms with Crippen molar-refractivity contribution in [1.29, 1.82) is 0 Å². The van der Waals surface area contributed by atoms with E-state index in [0.717, 1.165) is 12.8 Å². The van der Waals surface area contributed by atoms with Crippen LogP contribution < -0.4 is 0 Å². The number of sulfone groups is 1. The van der Waals surface area contributed by atoms with Gasteiger partial charge >= 0.3 is 0 Å². The highest BCUT2D eigenvalue weighted by Gasteiger charge is 2.27. The van der Waals surface area contributed by atoms with E-state index < -0.39 is 15.1 Å². The lowest BCUT2D eigenvalue weighted by Gasteiger charge is -2.22. The van der Waals surface area contributed by atoms with Gasteiger partial charge in [0.2, 0.25) is 5.91 Å².